The van der Waals surface area contributed by atoms with E-state index in [2.05, 4.69) is 31.3 Å². The Morgan fingerprint density at radius 2 is 1.74 bits per heavy atom. The first-order valence-electron chi connectivity index (χ1n) is 7.00. The molecule has 0 fully saturated rings. The molecule has 0 aromatic heterocycles. The summed E-state index contributed by atoms with van der Waals surface area (Å²) in [6.07, 6.45) is 1.71. The molecular formula is C16H25NO2. The van der Waals surface area contributed by atoms with E-state index in [4.69, 9.17) is 5.11 Å². The number of carbonyl (C=O) groups excluding carboxylic acids is 1. The van der Waals surface area contributed by atoms with Crippen molar-refractivity contribution in [3.05, 3.63) is 35.4 Å². The van der Waals surface area contributed by atoms with Crippen LogP contribution < -0.4 is 5.32 Å². The summed E-state index contributed by atoms with van der Waals surface area (Å²) in [7, 11) is 0. The Labute approximate surface area is 116 Å². The number of carbonyl (C=O) groups is 1. The summed E-state index contributed by atoms with van der Waals surface area (Å²) < 4.78 is 0. The third-order valence-electron chi connectivity index (χ3n) is 2.92. The molecular weight excluding hydrogens is 238 g/mol. The van der Waals surface area contributed by atoms with Gasteiger partial charge in [-0.2, -0.15) is 0 Å². The molecule has 2 N–H and O–H groups in total. The van der Waals surface area contributed by atoms with Gasteiger partial charge in [-0.1, -0.05) is 38.1 Å². The molecule has 0 spiro atoms. The van der Waals surface area contributed by atoms with E-state index in [9.17, 15) is 4.79 Å². The Morgan fingerprint density at radius 1 is 1.16 bits per heavy atom. The van der Waals surface area contributed by atoms with Gasteiger partial charge in [0.25, 0.3) is 0 Å². The number of amides is 1. The largest absolute Gasteiger partial charge is 0.393 e. The van der Waals surface area contributed by atoms with Gasteiger partial charge in [-0.15, -0.1) is 0 Å². The predicted octanol–water partition coefficient (Wildman–Crippen LogP) is 2.31. The van der Waals surface area contributed by atoms with E-state index < -0.39 is 0 Å². The van der Waals surface area contributed by atoms with Crippen LogP contribution in [0.4, 0.5) is 0 Å². The summed E-state index contributed by atoms with van der Waals surface area (Å²) in [4.78, 5) is 11.7. The first kappa shape index (κ1) is 15.7. The molecule has 19 heavy (non-hydrogen) atoms. The van der Waals surface area contributed by atoms with E-state index in [1.807, 2.05) is 12.1 Å². The SMILES string of the molecule is CC(C)Cc1ccc(CC(=O)NCCC(C)O)cc1. The van der Waals surface area contributed by atoms with E-state index in [-0.39, 0.29) is 12.0 Å². The summed E-state index contributed by atoms with van der Waals surface area (Å²) in [5, 5.41) is 11.9. The van der Waals surface area contributed by atoms with Crippen LogP contribution in [0, 0.1) is 5.92 Å². The topological polar surface area (TPSA) is 49.3 Å². The zero-order chi connectivity index (χ0) is 14.3. The van der Waals surface area contributed by atoms with E-state index >= 15 is 0 Å². The summed E-state index contributed by atoms with van der Waals surface area (Å²) in [5.41, 5.74) is 2.34. The van der Waals surface area contributed by atoms with Crippen molar-refractivity contribution in [2.45, 2.75) is 46.1 Å². The molecule has 1 amide bonds. The lowest BCUT2D eigenvalue weighted by molar-refractivity contribution is -0.120. The van der Waals surface area contributed by atoms with Crippen LogP contribution in [-0.2, 0) is 17.6 Å². The van der Waals surface area contributed by atoms with Gasteiger partial charge in [-0.25, -0.2) is 0 Å². The van der Waals surface area contributed by atoms with Gasteiger partial charge in [-0.3, -0.25) is 4.79 Å². The Morgan fingerprint density at radius 3 is 2.26 bits per heavy atom. The molecule has 0 aliphatic rings. The standard InChI is InChI=1S/C16H25NO2/c1-12(2)10-14-4-6-15(7-5-14)11-16(19)17-9-8-13(3)18/h4-7,12-13,18H,8-11H2,1-3H3,(H,17,19). The highest BCUT2D eigenvalue weighted by Crippen LogP contribution is 2.10. The molecule has 0 saturated carbocycles. The summed E-state index contributed by atoms with van der Waals surface area (Å²) in [5.74, 6) is 0.659. The maximum absolute atomic E-state index is 11.7. The second-order valence-corrected chi connectivity index (χ2v) is 5.58. The van der Waals surface area contributed by atoms with Crippen molar-refractivity contribution in [3.8, 4) is 0 Å². The number of aliphatic hydroxyl groups is 1. The van der Waals surface area contributed by atoms with Crippen LogP contribution in [0.25, 0.3) is 0 Å². The van der Waals surface area contributed by atoms with E-state index in [0.717, 1.165) is 12.0 Å². The average molecular weight is 263 g/mol. The lowest BCUT2D eigenvalue weighted by Gasteiger charge is -2.08. The number of benzene rings is 1. The van der Waals surface area contributed by atoms with Gasteiger partial charge in [0.15, 0.2) is 0 Å². The molecule has 1 atom stereocenters. The Kier molecular flexibility index (Phi) is 6.57. The highest BCUT2D eigenvalue weighted by molar-refractivity contribution is 5.78. The molecule has 1 aromatic carbocycles. The van der Waals surface area contributed by atoms with Gasteiger partial charge >= 0.3 is 0 Å². The van der Waals surface area contributed by atoms with Crippen LogP contribution in [0.2, 0.25) is 0 Å². The van der Waals surface area contributed by atoms with Gasteiger partial charge in [0.2, 0.25) is 5.91 Å². The second kappa shape index (κ2) is 7.95. The molecule has 0 saturated heterocycles. The van der Waals surface area contributed by atoms with Crippen molar-refractivity contribution < 1.29 is 9.90 Å². The van der Waals surface area contributed by atoms with Gasteiger partial charge < -0.3 is 10.4 Å². The normalized spacial score (nSPS) is 12.5. The molecule has 0 aliphatic carbocycles. The average Bonchev–Trinajstić information content (AvgIpc) is 2.30. The first-order chi connectivity index (χ1) is 8.97. The Hall–Kier alpha value is -1.35. The van der Waals surface area contributed by atoms with Crippen LogP contribution in [0.5, 0.6) is 0 Å². The van der Waals surface area contributed by atoms with Crippen molar-refractivity contribution >= 4 is 5.91 Å². The molecule has 0 bridgehead atoms. The van der Waals surface area contributed by atoms with Gasteiger partial charge in [0.1, 0.15) is 0 Å². The minimum absolute atomic E-state index is 0.0114. The Balaban J connectivity index is 2.38. The third kappa shape index (κ3) is 6.97. The highest BCUT2D eigenvalue weighted by atomic mass is 16.3. The van der Waals surface area contributed by atoms with Crippen LogP contribution in [0.1, 0.15) is 38.3 Å². The monoisotopic (exact) mass is 263 g/mol. The molecule has 3 nitrogen and oxygen atoms in total. The Bertz CT molecular complexity index is 382. The van der Waals surface area contributed by atoms with Crippen LogP contribution in [0.15, 0.2) is 24.3 Å². The molecule has 1 rings (SSSR count). The van der Waals surface area contributed by atoms with Crippen molar-refractivity contribution in [1.82, 2.24) is 5.32 Å². The van der Waals surface area contributed by atoms with Crippen molar-refractivity contribution in [1.29, 1.82) is 0 Å². The second-order valence-electron chi connectivity index (χ2n) is 5.58. The molecule has 1 aromatic rings. The number of aliphatic hydroxyl groups excluding tert-OH is 1. The highest BCUT2D eigenvalue weighted by Gasteiger charge is 2.04. The van der Waals surface area contributed by atoms with Gasteiger partial charge in [-0.05, 0) is 36.8 Å². The molecule has 0 aliphatic heterocycles. The molecule has 3 heteroatoms. The van der Waals surface area contributed by atoms with Crippen LogP contribution in [0.3, 0.4) is 0 Å². The van der Waals surface area contributed by atoms with Crippen molar-refractivity contribution in [2.24, 2.45) is 5.92 Å². The zero-order valence-electron chi connectivity index (χ0n) is 12.1. The predicted molar refractivity (Wildman–Crippen MR) is 78.0 cm³/mol. The number of rotatable bonds is 7. The number of nitrogens with one attached hydrogen (secondary N) is 1. The van der Waals surface area contributed by atoms with Gasteiger partial charge in [0, 0.05) is 6.54 Å². The minimum atomic E-state index is -0.365. The fourth-order valence-electron chi connectivity index (χ4n) is 1.93. The van der Waals surface area contributed by atoms with Gasteiger partial charge in [0.05, 0.1) is 12.5 Å². The quantitative estimate of drug-likeness (QED) is 0.793. The lowest BCUT2D eigenvalue weighted by Crippen LogP contribution is -2.27. The van der Waals surface area contributed by atoms with Crippen molar-refractivity contribution in [3.63, 3.8) is 0 Å². The fraction of sp³-hybridized carbons (Fsp3) is 0.562. The first-order valence-corrected chi connectivity index (χ1v) is 7.00. The molecule has 1 unspecified atom stereocenters. The summed E-state index contributed by atoms with van der Waals surface area (Å²) in [6.45, 7) is 6.65. The molecule has 0 radical (unpaired) electrons. The number of hydrogen-bond donors (Lipinski definition) is 2. The maximum atomic E-state index is 11.7. The zero-order valence-corrected chi connectivity index (χ0v) is 12.1. The van der Waals surface area contributed by atoms with E-state index in [1.165, 1.54) is 5.56 Å². The minimum Gasteiger partial charge on any atom is -0.393 e. The lowest BCUT2D eigenvalue weighted by atomic mass is 10.0. The fourth-order valence-corrected chi connectivity index (χ4v) is 1.93. The van der Waals surface area contributed by atoms with Crippen LogP contribution >= 0.6 is 0 Å². The third-order valence-corrected chi connectivity index (χ3v) is 2.92. The summed E-state index contributed by atoms with van der Waals surface area (Å²) >= 11 is 0. The van der Waals surface area contributed by atoms with Crippen molar-refractivity contribution in [2.75, 3.05) is 6.54 Å². The number of hydrogen-bond acceptors (Lipinski definition) is 2. The molecule has 106 valence electrons. The van der Waals surface area contributed by atoms with E-state index in [1.54, 1.807) is 6.92 Å². The van der Waals surface area contributed by atoms with Crippen LogP contribution in [-0.4, -0.2) is 23.7 Å². The molecule has 0 heterocycles. The van der Waals surface area contributed by atoms with E-state index in [0.29, 0.717) is 25.3 Å². The summed E-state index contributed by atoms with van der Waals surface area (Å²) in [6, 6.07) is 8.23. The maximum Gasteiger partial charge on any atom is 0.224 e. The smallest absolute Gasteiger partial charge is 0.224 e.